The van der Waals surface area contributed by atoms with Gasteiger partial charge in [-0.2, -0.15) is 0 Å². The van der Waals surface area contributed by atoms with Gasteiger partial charge in [-0.25, -0.2) is 9.38 Å². The highest BCUT2D eigenvalue weighted by atomic mass is 32.2. The molecule has 2 heterocycles. The van der Waals surface area contributed by atoms with E-state index in [0.29, 0.717) is 15.8 Å². The molecule has 0 aromatic heterocycles. The summed E-state index contributed by atoms with van der Waals surface area (Å²) in [6.07, 6.45) is 0. The molecule has 1 saturated heterocycles. The molecule has 0 unspecified atom stereocenters. The minimum atomic E-state index is -0.347. The van der Waals surface area contributed by atoms with Gasteiger partial charge in [-0.05, 0) is 66.7 Å². The van der Waals surface area contributed by atoms with E-state index in [2.05, 4.69) is 0 Å². The van der Waals surface area contributed by atoms with Crippen LogP contribution in [0.5, 0.6) is 0 Å². The highest BCUT2D eigenvalue weighted by molar-refractivity contribution is 8.20. The van der Waals surface area contributed by atoms with E-state index in [4.69, 9.17) is 4.99 Å². The number of amidine groups is 1. The predicted molar refractivity (Wildman–Crippen MR) is 127 cm³/mol. The van der Waals surface area contributed by atoms with Crippen LogP contribution in [0.15, 0.2) is 92.6 Å². The fourth-order valence-electron chi connectivity index (χ4n) is 3.49. The maximum absolute atomic E-state index is 13.6. The third-order valence-corrected chi connectivity index (χ3v) is 7.52. The van der Waals surface area contributed by atoms with Gasteiger partial charge in [0.05, 0.1) is 22.1 Å². The lowest BCUT2D eigenvalue weighted by molar-refractivity contribution is -0.113. The lowest BCUT2D eigenvalue weighted by Crippen LogP contribution is -2.29. The summed E-state index contributed by atoms with van der Waals surface area (Å²) < 4.78 is 13.5. The molecule has 0 atom stereocenters. The van der Waals surface area contributed by atoms with E-state index in [-0.39, 0.29) is 11.7 Å². The van der Waals surface area contributed by atoms with Crippen molar-refractivity contribution in [1.29, 1.82) is 0 Å². The Balaban J connectivity index is 1.63. The van der Waals surface area contributed by atoms with Crippen LogP contribution in [-0.4, -0.2) is 18.1 Å². The zero-order valence-electron chi connectivity index (χ0n) is 16.9. The normalized spacial score (nSPS) is 19.5. The summed E-state index contributed by atoms with van der Waals surface area (Å²) in [6.45, 7) is 1.99. The first-order valence-electron chi connectivity index (χ1n) is 9.70. The summed E-state index contributed by atoms with van der Waals surface area (Å²) in [5.74, 6) is -0.508. The number of carbonyl (C=O) groups excluding carboxylic acids is 1. The molecule has 4 nitrogen and oxygen atoms in total. The minimum absolute atomic E-state index is 0.161. The molecule has 154 valence electrons. The lowest BCUT2D eigenvalue weighted by atomic mass is 10.2. The Bertz CT molecular complexity index is 1250. The van der Waals surface area contributed by atoms with Crippen LogP contribution in [0.3, 0.4) is 0 Å². The summed E-state index contributed by atoms with van der Waals surface area (Å²) in [4.78, 5) is 23.7. The molecule has 1 amide bonds. The van der Waals surface area contributed by atoms with Crippen LogP contribution in [0.1, 0.15) is 5.56 Å². The molecule has 0 saturated carbocycles. The van der Waals surface area contributed by atoms with Crippen LogP contribution in [0, 0.1) is 12.7 Å². The van der Waals surface area contributed by atoms with Crippen molar-refractivity contribution in [3.05, 3.63) is 94.1 Å². The molecular formula is C24H18FN3OS2. The number of nitrogens with zero attached hydrogens (tertiary/aromatic N) is 3. The first kappa shape index (κ1) is 19.9. The van der Waals surface area contributed by atoms with Gasteiger partial charge in [-0.1, -0.05) is 42.1 Å². The SMILES string of the molecule is Cc1ccccc1N=C1S/C(=C2\Sc3ccccc3N2C)C(=O)N1c1ccc(F)cc1. The van der Waals surface area contributed by atoms with Crippen molar-refractivity contribution in [3.63, 3.8) is 0 Å². The van der Waals surface area contributed by atoms with Crippen molar-refractivity contribution in [2.24, 2.45) is 4.99 Å². The number of anilines is 2. The number of fused-ring (bicyclic) bond motifs is 1. The summed E-state index contributed by atoms with van der Waals surface area (Å²) in [6, 6.07) is 21.8. The molecule has 7 heteroatoms. The number of hydrogen-bond acceptors (Lipinski definition) is 5. The number of halogens is 1. The van der Waals surface area contributed by atoms with Crippen molar-refractivity contribution in [2.45, 2.75) is 11.8 Å². The smallest absolute Gasteiger partial charge is 0.274 e. The number of aliphatic imine (C=N–C) groups is 1. The molecule has 0 N–H and O–H groups in total. The number of rotatable bonds is 2. The topological polar surface area (TPSA) is 35.9 Å². The zero-order valence-corrected chi connectivity index (χ0v) is 18.5. The number of amides is 1. The van der Waals surface area contributed by atoms with Crippen molar-refractivity contribution in [1.82, 2.24) is 0 Å². The van der Waals surface area contributed by atoms with Gasteiger partial charge >= 0.3 is 0 Å². The van der Waals surface area contributed by atoms with Gasteiger partial charge < -0.3 is 4.90 Å². The Labute approximate surface area is 188 Å². The second-order valence-electron chi connectivity index (χ2n) is 7.16. The van der Waals surface area contributed by atoms with Gasteiger partial charge in [0.1, 0.15) is 10.7 Å². The van der Waals surface area contributed by atoms with E-state index in [1.807, 2.05) is 67.4 Å². The van der Waals surface area contributed by atoms with E-state index >= 15 is 0 Å². The Hall–Kier alpha value is -3.03. The van der Waals surface area contributed by atoms with Crippen LogP contribution in [0.2, 0.25) is 0 Å². The molecule has 0 bridgehead atoms. The van der Waals surface area contributed by atoms with Crippen LogP contribution in [0.4, 0.5) is 21.5 Å². The lowest BCUT2D eigenvalue weighted by Gasteiger charge is -2.17. The van der Waals surface area contributed by atoms with E-state index in [1.165, 1.54) is 23.9 Å². The summed E-state index contributed by atoms with van der Waals surface area (Å²) in [7, 11) is 1.97. The highest BCUT2D eigenvalue weighted by Crippen LogP contribution is 2.50. The maximum atomic E-state index is 13.6. The fraction of sp³-hybridized carbons (Fsp3) is 0.0833. The number of para-hydroxylation sites is 2. The van der Waals surface area contributed by atoms with Crippen molar-refractivity contribution in [2.75, 3.05) is 16.8 Å². The third-order valence-electron chi connectivity index (χ3n) is 5.13. The van der Waals surface area contributed by atoms with Gasteiger partial charge in [0.15, 0.2) is 5.17 Å². The van der Waals surface area contributed by atoms with Gasteiger partial charge in [0, 0.05) is 11.9 Å². The van der Waals surface area contributed by atoms with Gasteiger partial charge in [-0.3, -0.25) is 9.69 Å². The first-order chi connectivity index (χ1) is 15.0. The minimum Gasteiger partial charge on any atom is -0.337 e. The molecule has 1 fully saturated rings. The summed E-state index contributed by atoms with van der Waals surface area (Å²) in [5, 5.41) is 1.43. The van der Waals surface area contributed by atoms with Crippen LogP contribution < -0.4 is 9.80 Å². The average molecular weight is 448 g/mol. The molecule has 2 aliphatic rings. The van der Waals surface area contributed by atoms with Gasteiger partial charge in [0.25, 0.3) is 5.91 Å². The molecule has 3 aromatic rings. The number of hydrogen-bond donors (Lipinski definition) is 0. The fourth-order valence-corrected chi connectivity index (χ4v) is 5.83. The molecule has 3 aromatic carbocycles. The number of thioether (sulfide) groups is 2. The molecular weight excluding hydrogens is 429 g/mol. The summed E-state index contributed by atoms with van der Waals surface area (Å²) >= 11 is 2.93. The summed E-state index contributed by atoms with van der Waals surface area (Å²) in [5.41, 5.74) is 3.47. The Morgan fingerprint density at radius 3 is 2.35 bits per heavy atom. The van der Waals surface area contributed by atoms with Crippen molar-refractivity contribution in [3.8, 4) is 0 Å². The Morgan fingerprint density at radius 2 is 1.61 bits per heavy atom. The molecule has 0 aliphatic carbocycles. The van der Waals surface area contributed by atoms with E-state index in [0.717, 1.165) is 26.9 Å². The Kier molecular flexibility index (Phi) is 5.08. The van der Waals surface area contributed by atoms with E-state index in [9.17, 15) is 9.18 Å². The van der Waals surface area contributed by atoms with Crippen molar-refractivity contribution >= 4 is 51.7 Å². The monoisotopic (exact) mass is 447 g/mol. The number of aryl methyl sites for hydroxylation is 1. The van der Waals surface area contributed by atoms with Crippen LogP contribution >= 0.6 is 23.5 Å². The standard InChI is InChI=1S/C24H18FN3OS2/c1-15-7-3-4-8-18(15)26-24-28(17-13-11-16(25)12-14-17)22(29)21(31-24)23-27(2)19-9-5-6-10-20(19)30-23/h3-14H,1-2H3/b23-21-,26-24?. The van der Waals surface area contributed by atoms with Crippen molar-refractivity contribution < 1.29 is 9.18 Å². The maximum Gasteiger partial charge on any atom is 0.274 e. The predicted octanol–water partition coefficient (Wildman–Crippen LogP) is 6.31. The van der Waals surface area contributed by atoms with Gasteiger partial charge in [-0.15, -0.1) is 0 Å². The second kappa shape index (κ2) is 7.90. The Morgan fingerprint density at radius 1 is 0.903 bits per heavy atom. The van der Waals surface area contributed by atoms with Crippen LogP contribution in [0.25, 0.3) is 0 Å². The number of benzene rings is 3. The van der Waals surface area contributed by atoms with Crippen LogP contribution in [-0.2, 0) is 4.79 Å². The van der Waals surface area contributed by atoms with E-state index < -0.39 is 0 Å². The average Bonchev–Trinajstić information content (AvgIpc) is 3.27. The molecule has 0 spiro atoms. The quantitative estimate of drug-likeness (QED) is 0.431. The third kappa shape index (κ3) is 3.54. The largest absolute Gasteiger partial charge is 0.337 e. The molecule has 5 rings (SSSR count). The number of carbonyl (C=O) groups is 1. The molecule has 2 aliphatic heterocycles. The molecule has 0 radical (unpaired) electrons. The second-order valence-corrected chi connectivity index (χ2v) is 9.17. The first-order valence-corrected chi connectivity index (χ1v) is 11.3. The van der Waals surface area contributed by atoms with Gasteiger partial charge in [0.2, 0.25) is 0 Å². The molecule has 31 heavy (non-hydrogen) atoms. The zero-order chi connectivity index (χ0) is 21.5. The highest BCUT2D eigenvalue weighted by Gasteiger charge is 2.40. The van der Waals surface area contributed by atoms with E-state index in [1.54, 1.807) is 28.8 Å².